The van der Waals surface area contributed by atoms with Crippen molar-refractivity contribution in [2.24, 2.45) is 0 Å². The summed E-state index contributed by atoms with van der Waals surface area (Å²) in [5.41, 5.74) is 0. The highest BCUT2D eigenvalue weighted by Gasteiger charge is 1.99. The molecule has 0 saturated carbocycles. The van der Waals surface area contributed by atoms with Gasteiger partial charge in [0, 0.05) is 13.1 Å². The topological polar surface area (TPSA) is 95.1 Å². The molecular formula is C12H24N2O6. The van der Waals surface area contributed by atoms with Crippen LogP contribution < -0.4 is 10.6 Å². The van der Waals surface area contributed by atoms with E-state index in [-0.39, 0.29) is 0 Å². The zero-order valence-electron chi connectivity index (χ0n) is 12.1. The minimum Gasteiger partial charge on any atom is -0.450 e. The lowest BCUT2D eigenvalue weighted by Gasteiger charge is -2.08. The minimum atomic E-state index is -0.447. The van der Waals surface area contributed by atoms with Crippen molar-refractivity contribution in [1.29, 1.82) is 0 Å². The Morgan fingerprint density at radius 3 is 1.50 bits per heavy atom. The molecule has 0 aliphatic rings. The van der Waals surface area contributed by atoms with Crippen molar-refractivity contribution in [3.63, 3.8) is 0 Å². The highest BCUT2D eigenvalue weighted by Crippen LogP contribution is 1.81. The first-order valence-electron chi connectivity index (χ1n) is 6.67. The largest absolute Gasteiger partial charge is 0.450 e. The lowest BCUT2D eigenvalue weighted by molar-refractivity contribution is 0.0490. The molecular weight excluding hydrogens is 268 g/mol. The maximum absolute atomic E-state index is 10.9. The number of hydrogen-bond donors (Lipinski definition) is 2. The molecule has 0 aromatic carbocycles. The molecule has 0 spiro atoms. The summed E-state index contributed by atoms with van der Waals surface area (Å²) in [5.74, 6) is 0. The maximum atomic E-state index is 10.9. The minimum absolute atomic E-state index is 0.348. The van der Waals surface area contributed by atoms with Crippen LogP contribution in [-0.2, 0) is 18.9 Å². The summed E-state index contributed by atoms with van der Waals surface area (Å²) in [6.07, 6.45) is -0.894. The fraction of sp³-hybridized carbons (Fsp3) is 0.833. The predicted octanol–water partition coefficient (Wildman–Crippen LogP) is 0.512. The summed E-state index contributed by atoms with van der Waals surface area (Å²) >= 11 is 0. The van der Waals surface area contributed by atoms with Gasteiger partial charge >= 0.3 is 12.2 Å². The van der Waals surface area contributed by atoms with Crippen LogP contribution in [0, 0.1) is 0 Å². The molecule has 0 aromatic rings. The van der Waals surface area contributed by atoms with E-state index in [9.17, 15) is 9.59 Å². The van der Waals surface area contributed by atoms with E-state index < -0.39 is 12.2 Å². The third kappa shape index (κ3) is 12.9. The molecule has 0 aliphatic heterocycles. The fourth-order valence-corrected chi connectivity index (χ4v) is 1.14. The van der Waals surface area contributed by atoms with Crippen molar-refractivity contribution in [2.75, 3.05) is 52.7 Å². The van der Waals surface area contributed by atoms with E-state index in [1.54, 1.807) is 13.8 Å². The van der Waals surface area contributed by atoms with Gasteiger partial charge in [-0.3, -0.25) is 0 Å². The first kappa shape index (κ1) is 18.5. The first-order valence-corrected chi connectivity index (χ1v) is 6.67. The number of alkyl carbamates (subject to hydrolysis) is 2. The average molecular weight is 292 g/mol. The van der Waals surface area contributed by atoms with Gasteiger partial charge in [0.15, 0.2) is 0 Å². The van der Waals surface area contributed by atoms with Crippen LogP contribution >= 0.6 is 0 Å². The van der Waals surface area contributed by atoms with Gasteiger partial charge in [-0.15, -0.1) is 0 Å². The molecule has 20 heavy (non-hydrogen) atoms. The number of carbonyl (C=O) groups excluding carboxylic acids is 2. The molecule has 0 radical (unpaired) electrons. The maximum Gasteiger partial charge on any atom is 0.407 e. The van der Waals surface area contributed by atoms with Crippen LogP contribution in [0.2, 0.25) is 0 Å². The number of ether oxygens (including phenoxy) is 4. The molecule has 0 unspecified atom stereocenters. The molecule has 0 atom stereocenters. The number of carbonyl (C=O) groups is 2. The van der Waals surface area contributed by atoms with Crippen molar-refractivity contribution >= 4 is 12.2 Å². The summed E-state index contributed by atoms with van der Waals surface area (Å²) in [4.78, 5) is 21.8. The lowest BCUT2D eigenvalue weighted by atomic mass is 10.6. The fourth-order valence-electron chi connectivity index (χ4n) is 1.14. The number of hydrogen-bond acceptors (Lipinski definition) is 6. The third-order valence-electron chi connectivity index (χ3n) is 1.95. The summed E-state index contributed by atoms with van der Waals surface area (Å²) in [6.45, 7) is 6.59. The molecule has 118 valence electrons. The van der Waals surface area contributed by atoms with E-state index in [4.69, 9.17) is 9.47 Å². The number of rotatable bonds is 11. The Kier molecular flexibility index (Phi) is 12.8. The normalized spacial score (nSPS) is 9.90. The van der Waals surface area contributed by atoms with E-state index in [1.807, 2.05) is 0 Å². The zero-order valence-corrected chi connectivity index (χ0v) is 12.1. The highest BCUT2D eigenvalue weighted by molar-refractivity contribution is 5.67. The average Bonchev–Trinajstić information content (AvgIpc) is 2.41. The van der Waals surface area contributed by atoms with Crippen LogP contribution in [-0.4, -0.2) is 64.9 Å². The second kappa shape index (κ2) is 13.9. The zero-order chi connectivity index (χ0) is 15.1. The molecule has 0 saturated heterocycles. The lowest BCUT2D eigenvalue weighted by Crippen LogP contribution is -2.29. The smallest absolute Gasteiger partial charge is 0.407 e. The summed E-state index contributed by atoms with van der Waals surface area (Å²) < 4.78 is 19.8. The van der Waals surface area contributed by atoms with Crippen LogP contribution in [0.1, 0.15) is 13.8 Å². The molecule has 0 rings (SSSR count). The third-order valence-corrected chi connectivity index (χ3v) is 1.95. The van der Waals surface area contributed by atoms with Gasteiger partial charge in [0.05, 0.1) is 39.6 Å². The molecule has 2 N–H and O–H groups in total. The van der Waals surface area contributed by atoms with Gasteiger partial charge in [-0.05, 0) is 13.8 Å². The van der Waals surface area contributed by atoms with E-state index >= 15 is 0 Å². The van der Waals surface area contributed by atoms with E-state index in [0.717, 1.165) is 0 Å². The monoisotopic (exact) mass is 292 g/mol. The summed E-state index contributed by atoms with van der Waals surface area (Å²) in [5, 5.41) is 5.06. The molecule has 8 nitrogen and oxygen atoms in total. The second-order valence-electron chi connectivity index (χ2n) is 3.52. The highest BCUT2D eigenvalue weighted by atomic mass is 16.6. The summed E-state index contributed by atoms with van der Waals surface area (Å²) in [6, 6.07) is 0. The van der Waals surface area contributed by atoms with Crippen LogP contribution in [0.25, 0.3) is 0 Å². The molecule has 0 aliphatic carbocycles. The van der Waals surface area contributed by atoms with Gasteiger partial charge in [0.1, 0.15) is 0 Å². The van der Waals surface area contributed by atoms with Crippen LogP contribution in [0.5, 0.6) is 0 Å². The predicted molar refractivity (Wildman–Crippen MR) is 71.7 cm³/mol. The molecule has 0 aromatic heterocycles. The first-order chi connectivity index (χ1) is 9.70. The molecule has 0 heterocycles. The Balaban J connectivity index is 3.13. The second-order valence-corrected chi connectivity index (χ2v) is 3.52. The Bertz CT molecular complexity index is 236. The molecule has 0 bridgehead atoms. The van der Waals surface area contributed by atoms with Gasteiger partial charge in [0.2, 0.25) is 0 Å². The van der Waals surface area contributed by atoms with Crippen molar-refractivity contribution in [2.45, 2.75) is 13.8 Å². The van der Waals surface area contributed by atoms with Gasteiger partial charge in [-0.25, -0.2) is 9.59 Å². The number of amides is 2. The standard InChI is InChI=1S/C12H24N2O6/c1-3-19-11(15)13-5-7-17-9-10-18-8-6-14-12(16)20-4-2/h3-10H2,1-2H3,(H,13,15)(H,14,16). The van der Waals surface area contributed by atoms with Gasteiger partial charge < -0.3 is 29.6 Å². The summed E-state index contributed by atoms with van der Waals surface area (Å²) in [7, 11) is 0. The van der Waals surface area contributed by atoms with Crippen molar-refractivity contribution in [3.8, 4) is 0 Å². The quantitative estimate of drug-likeness (QED) is 0.539. The Morgan fingerprint density at radius 1 is 0.750 bits per heavy atom. The van der Waals surface area contributed by atoms with Crippen LogP contribution in [0.3, 0.4) is 0 Å². The van der Waals surface area contributed by atoms with Crippen molar-refractivity contribution < 1.29 is 28.5 Å². The van der Waals surface area contributed by atoms with Crippen LogP contribution in [0.15, 0.2) is 0 Å². The van der Waals surface area contributed by atoms with E-state index in [0.29, 0.717) is 52.7 Å². The van der Waals surface area contributed by atoms with Gasteiger partial charge in [0.25, 0.3) is 0 Å². The Morgan fingerprint density at radius 2 is 1.15 bits per heavy atom. The molecule has 0 fully saturated rings. The Labute approximate surface area is 119 Å². The SMILES string of the molecule is CCOC(=O)NCCOCCOCCNC(=O)OCC. The van der Waals surface area contributed by atoms with Gasteiger partial charge in [-0.2, -0.15) is 0 Å². The van der Waals surface area contributed by atoms with Crippen molar-refractivity contribution in [3.05, 3.63) is 0 Å². The Hall–Kier alpha value is -1.54. The number of nitrogens with one attached hydrogen (secondary N) is 2. The van der Waals surface area contributed by atoms with Crippen LogP contribution in [0.4, 0.5) is 9.59 Å². The van der Waals surface area contributed by atoms with E-state index in [1.165, 1.54) is 0 Å². The molecule has 8 heteroatoms. The van der Waals surface area contributed by atoms with Crippen molar-refractivity contribution in [1.82, 2.24) is 10.6 Å². The molecule has 2 amide bonds. The van der Waals surface area contributed by atoms with E-state index in [2.05, 4.69) is 20.1 Å². The van der Waals surface area contributed by atoms with Gasteiger partial charge in [-0.1, -0.05) is 0 Å².